The Bertz CT molecular complexity index is 433. The zero-order valence-electron chi connectivity index (χ0n) is 13.1. The third kappa shape index (κ3) is 2.86. The molecule has 2 rings (SSSR count). The second-order valence-electron chi connectivity index (χ2n) is 7.32. The molecule has 2 N–H and O–H groups in total. The van der Waals surface area contributed by atoms with Crippen molar-refractivity contribution in [3.8, 4) is 0 Å². The highest BCUT2D eigenvalue weighted by molar-refractivity contribution is 5.39. The van der Waals surface area contributed by atoms with Gasteiger partial charge in [-0.1, -0.05) is 58.2 Å². The summed E-state index contributed by atoms with van der Waals surface area (Å²) in [5, 5.41) is 0. The molecular formula is C18H29N. The maximum atomic E-state index is 6.16. The number of rotatable bonds is 2. The summed E-state index contributed by atoms with van der Waals surface area (Å²) in [6, 6.07) is 7.05. The molecule has 1 aromatic carbocycles. The Balaban J connectivity index is 2.39. The second kappa shape index (κ2) is 5.28. The van der Waals surface area contributed by atoms with Gasteiger partial charge in [-0.05, 0) is 41.9 Å². The van der Waals surface area contributed by atoms with Crippen molar-refractivity contribution in [2.75, 3.05) is 6.54 Å². The molecule has 0 saturated heterocycles. The fraction of sp³-hybridized carbons (Fsp3) is 0.667. The molecule has 0 aromatic heterocycles. The van der Waals surface area contributed by atoms with Crippen molar-refractivity contribution in [2.45, 2.75) is 70.6 Å². The maximum absolute atomic E-state index is 6.16. The van der Waals surface area contributed by atoms with Gasteiger partial charge in [0.15, 0.2) is 0 Å². The summed E-state index contributed by atoms with van der Waals surface area (Å²) >= 11 is 0. The lowest BCUT2D eigenvalue weighted by Crippen LogP contribution is -2.37. The van der Waals surface area contributed by atoms with E-state index in [1.165, 1.54) is 48.8 Å². The predicted molar refractivity (Wildman–Crippen MR) is 83.7 cm³/mol. The molecular weight excluding hydrogens is 230 g/mol. The SMILES string of the molecule is Cc1cc(C(C)(C)C)ccc1C1(CN)CCCCC1. The first-order valence-electron chi connectivity index (χ1n) is 7.71. The van der Waals surface area contributed by atoms with Gasteiger partial charge in [0.25, 0.3) is 0 Å². The van der Waals surface area contributed by atoms with Crippen LogP contribution in [0.15, 0.2) is 18.2 Å². The van der Waals surface area contributed by atoms with E-state index >= 15 is 0 Å². The Morgan fingerprint density at radius 1 is 1.11 bits per heavy atom. The molecule has 1 aromatic rings. The number of hydrogen-bond donors (Lipinski definition) is 1. The molecule has 1 fully saturated rings. The monoisotopic (exact) mass is 259 g/mol. The number of nitrogens with two attached hydrogens (primary N) is 1. The van der Waals surface area contributed by atoms with Gasteiger partial charge in [-0.2, -0.15) is 0 Å². The van der Waals surface area contributed by atoms with Crippen LogP contribution >= 0.6 is 0 Å². The third-order valence-electron chi connectivity index (χ3n) is 4.87. The van der Waals surface area contributed by atoms with E-state index in [0.29, 0.717) is 0 Å². The molecule has 1 aliphatic carbocycles. The lowest BCUT2D eigenvalue weighted by molar-refractivity contribution is 0.299. The van der Waals surface area contributed by atoms with Crippen LogP contribution in [0.25, 0.3) is 0 Å². The fourth-order valence-electron chi connectivity index (χ4n) is 3.54. The van der Waals surface area contributed by atoms with Crippen molar-refractivity contribution >= 4 is 0 Å². The zero-order chi connectivity index (χ0) is 14.1. The average Bonchev–Trinajstić information content (AvgIpc) is 2.38. The minimum Gasteiger partial charge on any atom is -0.330 e. The van der Waals surface area contributed by atoms with Gasteiger partial charge < -0.3 is 5.73 Å². The van der Waals surface area contributed by atoms with E-state index in [2.05, 4.69) is 45.9 Å². The standard InChI is InChI=1S/C18H29N/c1-14-12-15(17(2,3)4)8-9-16(14)18(13-19)10-6-5-7-11-18/h8-9,12H,5-7,10-11,13,19H2,1-4H3. The van der Waals surface area contributed by atoms with Gasteiger partial charge in [0.2, 0.25) is 0 Å². The van der Waals surface area contributed by atoms with Crippen LogP contribution in [0.4, 0.5) is 0 Å². The van der Waals surface area contributed by atoms with Crippen molar-refractivity contribution in [3.63, 3.8) is 0 Å². The minimum absolute atomic E-state index is 0.228. The van der Waals surface area contributed by atoms with Gasteiger partial charge in [0.1, 0.15) is 0 Å². The summed E-state index contributed by atoms with van der Waals surface area (Å²) in [6.07, 6.45) is 6.56. The summed E-state index contributed by atoms with van der Waals surface area (Å²) in [7, 11) is 0. The molecule has 0 amide bonds. The van der Waals surface area contributed by atoms with Crippen LogP contribution in [0.5, 0.6) is 0 Å². The van der Waals surface area contributed by atoms with Crippen molar-refractivity contribution in [2.24, 2.45) is 5.73 Å². The van der Waals surface area contributed by atoms with Gasteiger partial charge in [-0.15, -0.1) is 0 Å². The Morgan fingerprint density at radius 3 is 2.21 bits per heavy atom. The quantitative estimate of drug-likeness (QED) is 0.834. The van der Waals surface area contributed by atoms with Gasteiger partial charge in [-0.25, -0.2) is 0 Å². The number of aryl methyl sites for hydroxylation is 1. The zero-order valence-corrected chi connectivity index (χ0v) is 13.1. The van der Waals surface area contributed by atoms with Crippen LogP contribution in [-0.2, 0) is 10.8 Å². The van der Waals surface area contributed by atoms with Crippen LogP contribution in [0.3, 0.4) is 0 Å². The average molecular weight is 259 g/mol. The molecule has 0 atom stereocenters. The van der Waals surface area contributed by atoms with Gasteiger partial charge in [0, 0.05) is 12.0 Å². The highest BCUT2D eigenvalue weighted by Gasteiger charge is 2.33. The molecule has 0 unspecified atom stereocenters. The van der Waals surface area contributed by atoms with E-state index in [1.807, 2.05) is 0 Å². The van der Waals surface area contributed by atoms with E-state index in [1.54, 1.807) is 0 Å². The summed E-state index contributed by atoms with van der Waals surface area (Å²) in [5.41, 5.74) is 11.0. The summed E-state index contributed by atoms with van der Waals surface area (Å²) < 4.78 is 0. The lowest BCUT2D eigenvalue weighted by Gasteiger charge is -2.38. The summed E-state index contributed by atoms with van der Waals surface area (Å²) in [6.45, 7) is 9.89. The molecule has 1 saturated carbocycles. The highest BCUT2D eigenvalue weighted by Crippen LogP contribution is 2.40. The lowest BCUT2D eigenvalue weighted by atomic mass is 9.67. The van der Waals surface area contributed by atoms with Crippen molar-refractivity contribution in [3.05, 3.63) is 34.9 Å². The van der Waals surface area contributed by atoms with Gasteiger partial charge in [0.05, 0.1) is 0 Å². The molecule has 1 heteroatoms. The Hall–Kier alpha value is -0.820. The number of hydrogen-bond acceptors (Lipinski definition) is 1. The summed E-state index contributed by atoms with van der Waals surface area (Å²) in [5.74, 6) is 0. The van der Waals surface area contributed by atoms with E-state index < -0.39 is 0 Å². The predicted octanol–water partition coefficient (Wildman–Crippen LogP) is 4.45. The summed E-state index contributed by atoms with van der Waals surface area (Å²) in [4.78, 5) is 0. The smallest absolute Gasteiger partial charge is 0.00781 e. The maximum Gasteiger partial charge on any atom is 0.00781 e. The Morgan fingerprint density at radius 2 is 1.74 bits per heavy atom. The first kappa shape index (κ1) is 14.6. The first-order valence-corrected chi connectivity index (χ1v) is 7.71. The normalized spacial score (nSPS) is 19.4. The van der Waals surface area contributed by atoms with E-state index in [9.17, 15) is 0 Å². The highest BCUT2D eigenvalue weighted by atomic mass is 14.6. The largest absolute Gasteiger partial charge is 0.330 e. The first-order chi connectivity index (χ1) is 8.89. The molecule has 0 spiro atoms. The van der Waals surface area contributed by atoms with E-state index in [0.717, 1.165) is 6.54 Å². The molecule has 0 radical (unpaired) electrons. The van der Waals surface area contributed by atoms with Crippen molar-refractivity contribution in [1.29, 1.82) is 0 Å². The van der Waals surface area contributed by atoms with Gasteiger partial charge in [-0.3, -0.25) is 0 Å². The molecule has 0 aliphatic heterocycles. The van der Waals surface area contributed by atoms with Crippen LogP contribution < -0.4 is 5.73 Å². The fourth-order valence-corrected chi connectivity index (χ4v) is 3.54. The Kier molecular flexibility index (Phi) is 4.06. The van der Waals surface area contributed by atoms with Crippen LogP contribution in [0.2, 0.25) is 0 Å². The number of benzene rings is 1. The minimum atomic E-state index is 0.228. The third-order valence-corrected chi connectivity index (χ3v) is 4.87. The molecule has 1 nitrogen and oxygen atoms in total. The molecule has 1 aliphatic rings. The Labute approximate surface area is 118 Å². The molecule has 0 bridgehead atoms. The van der Waals surface area contributed by atoms with Crippen LogP contribution in [-0.4, -0.2) is 6.54 Å². The molecule has 106 valence electrons. The molecule has 0 heterocycles. The van der Waals surface area contributed by atoms with Crippen molar-refractivity contribution < 1.29 is 0 Å². The molecule has 19 heavy (non-hydrogen) atoms. The van der Waals surface area contributed by atoms with Crippen LogP contribution in [0, 0.1) is 6.92 Å². The topological polar surface area (TPSA) is 26.0 Å². The van der Waals surface area contributed by atoms with E-state index in [4.69, 9.17) is 5.73 Å². The van der Waals surface area contributed by atoms with Crippen molar-refractivity contribution in [1.82, 2.24) is 0 Å². The van der Waals surface area contributed by atoms with E-state index in [-0.39, 0.29) is 10.8 Å². The second-order valence-corrected chi connectivity index (χ2v) is 7.32. The van der Waals surface area contributed by atoms with Crippen LogP contribution in [0.1, 0.15) is 69.6 Å². The van der Waals surface area contributed by atoms with Gasteiger partial charge >= 0.3 is 0 Å².